The summed E-state index contributed by atoms with van der Waals surface area (Å²) in [7, 11) is -2.05. The predicted molar refractivity (Wildman–Crippen MR) is 93.6 cm³/mol. The highest BCUT2D eigenvalue weighted by molar-refractivity contribution is 8.14. The number of anilines is 1. The monoisotopic (exact) mass is 380 g/mol. The molecule has 0 radical (unpaired) electrons. The van der Waals surface area contributed by atoms with E-state index in [1.807, 2.05) is 0 Å². The molecular formula is C15H16N4O4S2. The van der Waals surface area contributed by atoms with Crippen LogP contribution >= 0.6 is 11.8 Å². The van der Waals surface area contributed by atoms with Crippen molar-refractivity contribution in [2.24, 2.45) is 7.05 Å². The molecule has 2 aromatic rings. The van der Waals surface area contributed by atoms with Crippen molar-refractivity contribution in [1.82, 2.24) is 14.5 Å². The van der Waals surface area contributed by atoms with Gasteiger partial charge < -0.3 is 4.57 Å². The van der Waals surface area contributed by atoms with Crippen molar-refractivity contribution in [2.75, 3.05) is 10.5 Å². The molecule has 0 spiro atoms. The van der Waals surface area contributed by atoms with Gasteiger partial charge in [0, 0.05) is 18.9 Å². The van der Waals surface area contributed by atoms with Gasteiger partial charge in [0.15, 0.2) is 5.03 Å². The molecular weight excluding hydrogens is 364 g/mol. The number of hydrogen-bond donors (Lipinski definition) is 1. The summed E-state index contributed by atoms with van der Waals surface area (Å²) in [5, 5.41) is -0.317. The SMILES string of the molecule is Cc1nc(S(=O)(=O)Nc2ccc(CN3C(=O)CSC3=O)cc2)cn1C. The van der Waals surface area contributed by atoms with E-state index in [1.165, 1.54) is 11.1 Å². The third kappa shape index (κ3) is 3.69. The lowest BCUT2D eigenvalue weighted by molar-refractivity contribution is -0.125. The van der Waals surface area contributed by atoms with Crippen LogP contribution < -0.4 is 4.72 Å². The molecule has 0 saturated carbocycles. The van der Waals surface area contributed by atoms with Gasteiger partial charge in [0.05, 0.1) is 12.3 Å². The van der Waals surface area contributed by atoms with Crippen LogP contribution in [0.1, 0.15) is 11.4 Å². The molecule has 10 heteroatoms. The van der Waals surface area contributed by atoms with Crippen LogP contribution in [0.5, 0.6) is 0 Å². The topological polar surface area (TPSA) is 101 Å². The molecule has 2 amide bonds. The van der Waals surface area contributed by atoms with E-state index in [0.29, 0.717) is 11.5 Å². The molecule has 1 aliphatic rings. The van der Waals surface area contributed by atoms with E-state index in [4.69, 9.17) is 0 Å². The van der Waals surface area contributed by atoms with Gasteiger partial charge in [-0.15, -0.1) is 0 Å². The zero-order valence-electron chi connectivity index (χ0n) is 13.6. The van der Waals surface area contributed by atoms with Gasteiger partial charge >= 0.3 is 0 Å². The summed E-state index contributed by atoms with van der Waals surface area (Å²) in [6.07, 6.45) is 1.44. The molecule has 1 aromatic heterocycles. The zero-order chi connectivity index (χ0) is 18.2. The fourth-order valence-electron chi connectivity index (χ4n) is 2.26. The second-order valence-electron chi connectivity index (χ2n) is 5.57. The minimum atomic E-state index is -3.77. The number of carbonyl (C=O) groups excluding carboxylic acids is 2. The number of carbonyl (C=O) groups is 2. The van der Waals surface area contributed by atoms with E-state index in [9.17, 15) is 18.0 Å². The number of nitrogens with zero attached hydrogens (tertiary/aromatic N) is 3. The van der Waals surface area contributed by atoms with Crippen LogP contribution in [-0.2, 0) is 28.4 Å². The molecule has 25 heavy (non-hydrogen) atoms. The summed E-state index contributed by atoms with van der Waals surface area (Å²) in [6.45, 7) is 1.89. The van der Waals surface area contributed by atoms with Crippen molar-refractivity contribution in [2.45, 2.75) is 18.5 Å². The molecule has 2 heterocycles. The van der Waals surface area contributed by atoms with Crippen molar-refractivity contribution in [1.29, 1.82) is 0 Å². The average Bonchev–Trinajstić information content (AvgIpc) is 3.06. The second kappa shape index (κ2) is 6.52. The van der Waals surface area contributed by atoms with Gasteiger partial charge in [-0.2, -0.15) is 8.42 Å². The van der Waals surface area contributed by atoms with Gasteiger partial charge in [-0.3, -0.25) is 19.2 Å². The first-order valence-electron chi connectivity index (χ1n) is 7.35. The number of amides is 2. The first-order chi connectivity index (χ1) is 11.8. The number of benzene rings is 1. The Balaban J connectivity index is 1.72. The third-order valence-electron chi connectivity index (χ3n) is 3.75. The molecule has 1 fully saturated rings. The fourth-order valence-corrected chi connectivity index (χ4v) is 4.08. The number of imide groups is 1. The average molecular weight is 380 g/mol. The Bertz CT molecular complexity index is 899. The zero-order valence-corrected chi connectivity index (χ0v) is 15.2. The van der Waals surface area contributed by atoms with Crippen LogP contribution in [0.2, 0.25) is 0 Å². The lowest BCUT2D eigenvalue weighted by Gasteiger charge is -2.13. The molecule has 8 nitrogen and oxygen atoms in total. The van der Waals surface area contributed by atoms with Crippen molar-refractivity contribution in [3.8, 4) is 0 Å². The summed E-state index contributed by atoms with van der Waals surface area (Å²) < 4.78 is 28.7. The predicted octanol–water partition coefficient (Wildman–Crippen LogP) is 1.72. The highest BCUT2D eigenvalue weighted by Crippen LogP contribution is 2.22. The first kappa shape index (κ1) is 17.5. The molecule has 132 valence electrons. The largest absolute Gasteiger partial charge is 0.337 e. The first-order valence-corrected chi connectivity index (χ1v) is 9.82. The lowest BCUT2D eigenvalue weighted by atomic mass is 10.2. The van der Waals surface area contributed by atoms with Crippen molar-refractivity contribution < 1.29 is 18.0 Å². The Morgan fingerprint density at radius 2 is 1.92 bits per heavy atom. The minimum absolute atomic E-state index is 0.0538. The van der Waals surface area contributed by atoms with Crippen molar-refractivity contribution in [3.63, 3.8) is 0 Å². The van der Waals surface area contributed by atoms with Gasteiger partial charge in [0.1, 0.15) is 5.82 Å². The van der Waals surface area contributed by atoms with Crippen molar-refractivity contribution in [3.05, 3.63) is 41.9 Å². The fraction of sp³-hybridized carbons (Fsp3) is 0.267. The van der Waals surface area contributed by atoms with Crippen LogP contribution in [0.15, 0.2) is 35.5 Å². The van der Waals surface area contributed by atoms with Crippen LogP contribution in [0, 0.1) is 6.92 Å². The second-order valence-corrected chi connectivity index (χ2v) is 8.13. The molecule has 1 aliphatic heterocycles. The van der Waals surface area contributed by atoms with Crippen LogP contribution in [0.3, 0.4) is 0 Å². The van der Waals surface area contributed by atoms with Crippen molar-refractivity contribution >= 4 is 38.6 Å². The van der Waals surface area contributed by atoms with Crippen LogP contribution in [-0.4, -0.2) is 39.8 Å². The maximum absolute atomic E-state index is 12.3. The highest BCUT2D eigenvalue weighted by Gasteiger charge is 2.29. The molecule has 1 N–H and O–H groups in total. The van der Waals surface area contributed by atoms with Crippen LogP contribution in [0.25, 0.3) is 0 Å². The number of thioether (sulfide) groups is 1. The lowest BCUT2D eigenvalue weighted by Crippen LogP contribution is -2.27. The Kier molecular flexibility index (Phi) is 4.56. The third-order valence-corrected chi connectivity index (χ3v) is 5.86. The van der Waals surface area contributed by atoms with Crippen LogP contribution in [0.4, 0.5) is 10.5 Å². The smallest absolute Gasteiger partial charge is 0.289 e. The van der Waals surface area contributed by atoms with Gasteiger partial charge in [-0.05, 0) is 24.6 Å². The Morgan fingerprint density at radius 1 is 1.24 bits per heavy atom. The number of sulfonamides is 1. The van der Waals surface area contributed by atoms with Gasteiger partial charge in [-0.25, -0.2) is 4.98 Å². The van der Waals surface area contributed by atoms with Gasteiger partial charge in [-0.1, -0.05) is 23.9 Å². The Labute approximate surface area is 149 Å². The van der Waals surface area contributed by atoms with Gasteiger partial charge in [0.2, 0.25) is 5.91 Å². The molecule has 0 aliphatic carbocycles. The minimum Gasteiger partial charge on any atom is -0.337 e. The Morgan fingerprint density at radius 3 is 2.44 bits per heavy atom. The molecule has 1 aromatic carbocycles. The summed E-state index contributed by atoms with van der Waals surface area (Å²) in [6, 6.07) is 6.51. The van der Waals surface area contributed by atoms with E-state index in [1.54, 1.807) is 42.8 Å². The number of aromatic nitrogens is 2. The number of imidazole rings is 1. The molecule has 0 bridgehead atoms. The number of nitrogens with one attached hydrogen (secondary N) is 1. The van der Waals surface area contributed by atoms with E-state index >= 15 is 0 Å². The number of rotatable bonds is 5. The molecule has 0 unspecified atom stereocenters. The maximum atomic E-state index is 12.3. The van der Waals surface area contributed by atoms with Gasteiger partial charge in [0.25, 0.3) is 15.3 Å². The number of aryl methyl sites for hydroxylation is 2. The Hall–Kier alpha value is -2.33. The summed E-state index contributed by atoms with van der Waals surface area (Å²) in [5.41, 5.74) is 1.11. The molecule has 1 saturated heterocycles. The maximum Gasteiger partial charge on any atom is 0.289 e. The van der Waals surface area contributed by atoms with E-state index < -0.39 is 10.0 Å². The van der Waals surface area contributed by atoms with E-state index in [-0.39, 0.29) is 28.5 Å². The van der Waals surface area contributed by atoms with E-state index in [2.05, 4.69) is 9.71 Å². The number of hydrogen-bond acceptors (Lipinski definition) is 6. The molecule has 3 rings (SSSR count). The standard InChI is InChI=1S/C15H16N4O4S2/c1-10-16-13(8-18(10)2)25(22,23)17-12-5-3-11(4-6-12)7-19-14(20)9-24-15(19)21/h3-6,8,17H,7,9H2,1-2H3. The summed E-state index contributed by atoms with van der Waals surface area (Å²) >= 11 is 0.981. The van der Waals surface area contributed by atoms with E-state index in [0.717, 1.165) is 17.3 Å². The summed E-state index contributed by atoms with van der Waals surface area (Å²) in [4.78, 5) is 28.4. The highest BCUT2D eigenvalue weighted by atomic mass is 32.2. The quantitative estimate of drug-likeness (QED) is 0.848. The normalized spacial score (nSPS) is 15.0. The molecule has 0 atom stereocenters. The summed E-state index contributed by atoms with van der Waals surface area (Å²) in [5.74, 6) is 0.541.